The summed E-state index contributed by atoms with van der Waals surface area (Å²) in [6.45, 7) is 0.126. The lowest BCUT2D eigenvalue weighted by molar-refractivity contribution is -0.0152. The minimum absolute atomic E-state index is 0.126. The van der Waals surface area contributed by atoms with Crippen LogP contribution in [0.4, 0.5) is 0 Å². The van der Waals surface area contributed by atoms with Crippen LogP contribution in [0.5, 0.6) is 0 Å². The lowest BCUT2D eigenvalue weighted by Gasteiger charge is -2.18. The number of aliphatic hydroxyl groups excluding tert-OH is 1. The number of H-pyrrole nitrogens is 1. The van der Waals surface area contributed by atoms with Gasteiger partial charge in [-0.05, 0) is 6.42 Å². The van der Waals surface area contributed by atoms with Gasteiger partial charge in [0, 0.05) is 12.3 Å². The van der Waals surface area contributed by atoms with Gasteiger partial charge < -0.3 is 14.6 Å². The first-order valence-corrected chi connectivity index (χ1v) is 5.39. The minimum atomic E-state index is -0.647. The summed E-state index contributed by atoms with van der Waals surface area (Å²) >= 11 is 0. The van der Waals surface area contributed by atoms with Gasteiger partial charge in [0.25, 0.3) is 5.56 Å². The van der Waals surface area contributed by atoms with Crippen molar-refractivity contribution in [2.45, 2.75) is 30.8 Å². The third-order valence-electron chi connectivity index (χ3n) is 3.29. The Morgan fingerprint density at radius 1 is 1.35 bits per heavy atom. The minimum Gasteiger partial charge on any atom is -0.390 e. The van der Waals surface area contributed by atoms with E-state index >= 15 is 0 Å². The highest BCUT2D eigenvalue weighted by molar-refractivity contribution is 5.00. The number of ether oxygens (including phenoxy) is 2. The first-order chi connectivity index (χ1) is 8.16. The average Bonchev–Trinajstić information content (AvgIpc) is 2.84. The quantitative estimate of drug-likeness (QED) is 0.628. The molecule has 1 aliphatic carbocycles. The summed E-state index contributed by atoms with van der Waals surface area (Å²) in [5.74, 6) is 0. The second kappa shape index (κ2) is 3.80. The summed E-state index contributed by atoms with van der Waals surface area (Å²) in [7, 11) is 0. The number of nitrogens with one attached hydrogen (secondary N) is 1. The molecule has 17 heavy (non-hydrogen) atoms. The summed E-state index contributed by atoms with van der Waals surface area (Å²) < 4.78 is 12.0. The molecule has 92 valence electrons. The summed E-state index contributed by atoms with van der Waals surface area (Å²) in [6, 6.07) is 0.971. The van der Waals surface area contributed by atoms with Crippen molar-refractivity contribution in [1.82, 2.24) is 9.55 Å². The van der Waals surface area contributed by atoms with Gasteiger partial charge in [0.05, 0.1) is 12.1 Å². The third-order valence-corrected chi connectivity index (χ3v) is 3.29. The molecule has 0 amide bonds. The van der Waals surface area contributed by atoms with Crippen LogP contribution >= 0.6 is 0 Å². The fraction of sp³-hybridized carbons (Fsp3) is 0.600. The van der Waals surface area contributed by atoms with Crippen molar-refractivity contribution in [2.75, 3.05) is 6.79 Å². The maximum Gasteiger partial charge on any atom is 0.328 e. The Morgan fingerprint density at radius 3 is 2.88 bits per heavy atom. The lowest BCUT2D eigenvalue weighted by atomic mass is 10.2. The Morgan fingerprint density at radius 2 is 2.12 bits per heavy atom. The maximum atomic E-state index is 11.7. The van der Waals surface area contributed by atoms with E-state index in [2.05, 4.69) is 4.98 Å². The van der Waals surface area contributed by atoms with Gasteiger partial charge in [-0.3, -0.25) is 14.3 Å². The Kier molecular flexibility index (Phi) is 2.39. The number of aromatic nitrogens is 2. The van der Waals surface area contributed by atoms with Crippen LogP contribution in [-0.2, 0) is 9.47 Å². The zero-order valence-corrected chi connectivity index (χ0v) is 8.91. The molecule has 3 rings (SSSR count). The topological polar surface area (TPSA) is 93.6 Å². The van der Waals surface area contributed by atoms with Crippen molar-refractivity contribution in [2.24, 2.45) is 0 Å². The van der Waals surface area contributed by atoms with Crippen LogP contribution in [0.1, 0.15) is 12.5 Å². The highest BCUT2D eigenvalue weighted by Crippen LogP contribution is 2.37. The van der Waals surface area contributed by atoms with Crippen molar-refractivity contribution >= 4 is 0 Å². The van der Waals surface area contributed by atoms with Crippen molar-refractivity contribution < 1.29 is 14.6 Å². The molecule has 4 unspecified atom stereocenters. The SMILES string of the molecule is O=c1ccn(C2CC(O)C3OCOC32)c(=O)[nH]1. The zero-order chi connectivity index (χ0) is 12.0. The van der Waals surface area contributed by atoms with Crippen LogP contribution in [0.15, 0.2) is 21.9 Å². The molecule has 1 aliphatic heterocycles. The monoisotopic (exact) mass is 240 g/mol. The number of hydrogen-bond donors (Lipinski definition) is 2. The van der Waals surface area contributed by atoms with Crippen LogP contribution in [-0.4, -0.2) is 39.8 Å². The molecule has 0 bridgehead atoms. The highest BCUT2D eigenvalue weighted by atomic mass is 16.7. The number of fused-ring (bicyclic) bond motifs is 1. The van der Waals surface area contributed by atoms with Crippen molar-refractivity contribution in [3.8, 4) is 0 Å². The van der Waals surface area contributed by atoms with E-state index in [0.717, 1.165) is 0 Å². The standard InChI is InChI=1S/C10H12N2O5/c13-6-3-5(8-9(6)17-4-16-8)12-2-1-7(14)11-10(12)15/h1-2,5-6,8-9,13H,3-4H2,(H,11,14,15). The Balaban J connectivity index is 1.99. The molecule has 0 aromatic carbocycles. The lowest BCUT2D eigenvalue weighted by Crippen LogP contribution is -2.36. The van der Waals surface area contributed by atoms with Gasteiger partial charge in [0.15, 0.2) is 0 Å². The predicted molar refractivity (Wildman–Crippen MR) is 55.6 cm³/mol. The van der Waals surface area contributed by atoms with E-state index in [1.807, 2.05) is 0 Å². The zero-order valence-electron chi connectivity index (χ0n) is 8.91. The van der Waals surface area contributed by atoms with E-state index in [1.54, 1.807) is 0 Å². The van der Waals surface area contributed by atoms with Gasteiger partial charge >= 0.3 is 5.69 Å². The fourth-order valence-electron chi connectivity index (χ4n) is 2.52. The molecule has 2 N–H and O–H groups in total. The Labute approximate surface area is 95.6 Å². The summed E-state index contributed by atoms with van der Waals surface area (Å²) in [5.41, 5.74) is -0.934. The summed E-state index contributed by atoms with van der Waals surface area (Å²) in [4.78, 5) is 24.8. The van der Waals surface area contributed by atoms with E-state index in [1.165, 1.54) is 16.8 Å². The van der Waals surface area contributed by atoms with Gasteiger partial charge in [-0.25, -0.2) is 4.79 Å². The van der Waals surface area contributed by atoms with Crippen LogP contribution in [0, 0.1) is 0 Å². The van der Waals surface area contributed by atoms with Crippen molar-refractivity contribution in [1.29, 1.82) is 0 Å². The molecule has 4 atom stereocenters. The molecular formula is C10H12N2O5. The number of rotatable bonds is 1. The van der Waals surface area contributed by atoms with E-state index in [9.17, 15) is 14.7 Å². The molecule has 0 spiro atoms. The molecule has 1 aromatic heterocycles. The van der Waals surface area contributed by atoms with Crippen LogP contribution in [0.2, 0.25) is 0 Å². The molecule has 0 radical (unpaired) electrons. The van der Waals surface area contributed by atoms with Crippen molar-refractivity contribution in [3.05, 3.63) is 33.1 Å². The van der Waals surface area contributed by atoms with E-state index in [0.29, 0.717) is 6.42 Å². The van der Waals surface area contributed by atoms with E-state index in [4.69, 9.17) is 9.47 Å². The number of aliphatic hydroxyl groups is 1. The van der Waals surface area contributed by atoms with Gasteiger partial charge in [0.2, 0.25) is 0 Å². The number of hydrogen-bond acceptors (Lipinski definition) is 5. The van der Waals surface area contributed by atoms with Gasteiger partial charge in [-0.2, -0.15) is 0 Å². The molecule has 7 heteroatoms. The number of aromatic amines is 1. The first-order valence-electron chi connectivity index (χ1n) is 5.39. The largest absolute Gasteiger partial charge is 0.390 e. The van der Waals surface area contributed by atoms with Gasteiger partial charge in [-0.15, -0.1) is 0 Å². The summed E-state index contributed by atoms with van der Waals surface area (Å²) in [5, 5.41) is 9.78. The van der Waals surface area contributed by atoms with Crippen LogP contribution in [0.3, 0.4) is 0 Å². The average molecular weight is 240 g/mol. The predicted octanol–water partition coefficient (Wildman–Crippen LogP) is -1.42. The molecular weight excluding hydrogens is 228 g/mol. The maximum absolute atomic E-state index is 11.7. The Bertz CT molecular complexity index is 536. The van der Waals surface area contributed by atoms with Crippen LogP contribution < -0.4 is 11.2 Å². The Hall–Kier alpha value is -1.44. The van der Waals surface area contributed by atoms with E-state index < -0.39 is 17.4 Å². The molecule has 1 saturated heterocycles. The van der Waals surface area contributed by atoms with Gasteiger partial charge in [-0.1, -0.05) is 0 Å². The third kappa shape index (κ3) is 1.63. The molecule has 1 aromatic rings. The highest BCUT2D eigenvalue weighted by Gasteiger charge is 2.48. The van der Waals surface area contributed by atoms with E-state index in [-0.39, 0.29) is 25.0 Å². The molecule has 7 nitrogen and oxygen atoms in total. The fourth-order valence-corrected chi connectivity index (χ4v) is 2.52. The molecule has 2 fully saturated rings. The molecule has 1 saturated carbocycles. The van der Waals surface area contributed by atoms with Crippen molar-refractivity contribution in [3.63, 3.8) is 0 Å². The van der Waals surface area contributed by atoms with Crippen LogP contribution in [0.25, 0.3) is 0 Å². The second-order valence-electron chi connectivity index (χ2n) is 4.27. The smallest absolute Gasteiger partial charge is 0.328 e. The normalized spacial score (nSPS) is 36.1. The summed E-state index contributed by atoms with van der Waals surface area (Å²) in [6.07, 6.45) is 0.419. The first kappa shape index (κ1) is 10.7. The molecule has 2 heterocycles. The molecule has 2 aliphatic rings. The second-order valence-corrected chi connectivity index (χ2v) is 4.27. The van der Waals surface area contributed by atoms with Gasteiger partial charge in [0.1, 0.15) is 19.0 Å². The number of nitrogens with zero attached hydrogens (tertiary/aromatic N) is 1.